The summed E-state index contributed by atoms with van der Waals surface area (Å²) in [5.74, 6) is 0.659. The maximum atomic E-state index is 12.0. The molecule has 0 bridgehead atoms. The number of aryl methyl sites for hydroxylation is 3. The molecule has 2 aromatic heterocycles. The average Bonchev–Trinajstić information content (AvgIpc) is 2.63. The van der Waals surface area contributed by atoms with Crippen LogP contribution in [-0.4, -0.2) is 22.4 Å². The lowest BCUT2D eigenvalue weighted by molar-refractivity contribution is 0.0961. The number of nitrogens with one attached hydrogen (secondary N) is 1. The topological polar surface area (TPSA) is 54.9 Å². The second kappa shape index (κ2) is 4.86. The van der Waals surface area contributed by atoms with E-state index in [-0.39, 0.29) is 5.91 Å². The molecule has 0 spiro atoms. The van der Waals surface area contributed by atoms with Crippen LogP contribution in [-0.2, 0) is 0 Å². The van der Waals surface area contributed by atoms with E-state index >= 15 is 0 Å². The van der Waals surface area contributed by atoms with Gasteiger partial charge in [-0.25, -0.2) is 9.97 Å². The minimum absolute atomic E-state index is 0.0764. The molecule has 94 valence electrons. The average molecular weight is 261 g/mol. The van der Waals surface area contributed by atoms with Gasteiger partial charge in [-0.15, -0.1) is 17.9 Å². The fourth-order valence-electron chi connectivity index (χ4n) is 1.94. The SMILES string of the molecule is C=CCNC(=O)c1sc2nc(C)nc(C)c2c1C. The first-order valence-corrected chi connectivity index (χ1v) is 6.49. The molecule has 0 atom stereocenters. The van der Waals surface area contributed by atoms with Gasteiger partial charge in [0.2, 0.25) is 0 Å². The molecule has 0 aromatic carbocycles. The summed E-state index contributed by atoms with van der Waals surface area (Å²) in [6, 6.07) is 0. The molecule has 4 nitrogen and oxygen atoms in total. The fraction of sp³-hybridized carbons (Fsp3) is 0.308. The third-order valence-corrected chi connectivity index (χ3v) is 3.88. The second-order valence-electron chi connectivity index (χ2n) is 4.09. The first-order valence-electron chi connectivity index (χ1n) is 5.68. The van der Waals surface area contributed by atoms with Crippen molar-refractivity contribution in [2.45, 2.75) is 20.8 Å². The van der Waals surface area contributed by atoms with Crippen LogP contribution in [0.3, 0.4) is 0 Å². The molecule has 2 aromatic rings. The third kappa shape index (κ3) is 2.13. The van der Waals surface area contributed by atoms with Crippen molar-refractivity contribution in [3.63, 3.8) is 0 Å². The van der Waals surface area contributed by atoms with Crippen LogP contribution in [0.25, 0.3) is 10.2 Å². The van der Waals surface area contributed by atoms with E-state index in [1.807, 2.05) is 20.8 Å². The Morgan fingerprint density at radius 2 is 2.11 bits per heavy atom. The molecule has 0 unspecified atom stereocenters. The molecule has 0 saturated heterocycles. The number of nitrogens with zero attached hydrogens (tertiary/aromatic N) is 2. The third-order valence-electron chi connectivity index (χ3n) is 2.70. The van der Waals surface area contributed by atoms with Crippen LogP contribution in [0, 0.1) is 20.8 Å². The van der Waals surface area contributed by atoms with Gasteiger partial charge in [-0.1, -0.05) is 6.08 Å². The Bertz CT molecular complexity index is 631. The Labute approximate surface area is 110 Å². The molecule has 0 fully saturated rings. The Morgan fingerprint density at radius 3 is 2.78 bits per heavy atom. The highest BCUT2D eigenvalue weighted by atomic mass is 32.1. The number of thiophene rings is 1. The first kappa shape index (κ1) is 12.7. The molecule has 0 saturated carbocycles. The van der Waals surface area contributed by atoms with Gasteiger partial charge in [-0.05, 0) is 26.3 Å². The predicted octanol–water partition coefficient (Wildman–Crippen LogP) is 2.53. The molecule has 0 aliphatic heterocycles. The second-order valence-corrected chi connectivity index (χ2v) is 5.09. The summed E-state index contributed by atoms with van der Waals surface area (Å²) in [5, 5.41) is 3.78. The summed E-state index contributed by atoms with van der Waals surface area (Å²) in [7, 11) is 0. The van der Waals surface area contributed by atoms with Gasteiger partial charge >= 0.3 is 0 Å². The van der Waals surface area contributed by atoms with Gasteiger partial charge in [0.25, 0.3) is 5.91 Å². The van der Waals surface area contributed by atoms with Crippen LogP contribution in [0.15, 0.2) is 12.7 Å². The van der Waals surface area contributed by atoms with Crippen molar-refractivity contribution in [1.29, 1.82) is 0 Å². The summed E-state index contributed by atoms with van der Waals surface area (Å²) in [4.78, 5) is 22.3. The zero-order chi connectivity index (χ0) is 13.3. The highest BCUT2D eigenvalue weighted by Gasteiger charge is 2.17. The van der Waals surface area contributed by atoms with Crippen LogP contribution >= 0.6 is 11.3 Å². The molecule has 0 aliphatic rings. The van der Waals surface area contributed by atoms with Crippen molar-refractivity contribution in [2.24, 2.45) is 0 Å². The van der Waals surface area contributed by atoms with Crippen molar-refractivity contribution in [3.05, 3.63) is 34.6 Å². The zero-order valence-corrected chi connectivity index (χ0v) is 11.5. The zero-order valence-electron chi connectivity index (χ0n) is 10.7. The van der Waals surface area contributed by atoms with Crippen molar-refractivity contribution in [3.8, 4) is 0 Å². The van der Waals surface area contributed by atoms with Gasteiger partial charge in [0.1, 0.15) is 10.7 Å². The lowest BCUT2D eigenvalue weighted by atomic mass is 10.1. The van der Waals surface area contributed by atoms with Crippen LogP contribution in [0.1, 0.15) is 26.8 Å². The Balaban J connectivity index is 2.53. The largest absolute Gasteiger partial charge is 0.348 e. The monoisotopic (exact) mass is 261 g/mol. The van der Waals surface area contributed by atoms with E-state index in [9.17, 15) is 4.79 Å². The quantitative estimate of drug-likeness (QED) is 0.864. The number of fused-ring (bicyclic) bond motifs is 1. The van der Waals surface area contributed by atoms with E-state index < -0.39 is 0 Å². The molecular formula is C13H15N3OS. The van der Waals surface area contributed by atoms with Crippen molar-refractivity contribution >= 4 is 27.5 Å². The number of carbonyl (C=O) groups is 1. The Kier molecular flexibility index (Phi) is 3.43. The molecule has 5 heteroatoms. The molecule has 0 aliphatic carbocycles. The van der Waals surface area contributed by atoms with Crippen LogP contribution in [0.4, 0.5) is 0 Å². The van der Waals surface area contributed by atoms with E-state index in [2.05, 4.69) is 21.9 Å². The van der Waals surface area contributed by atoms with Gasteiger partial charge in [-0.2, -0.15) is 0 Å². The van der Waals surface area contributed by atoms with Crippen molar-refractivity contribution in [1.82, 2.24) is 15.3 Å². The van der Waals surface area contributed by atoms with Gasteiger partial charge < -0.3 is 5.32 Å². The van der Waals surface area contributed by atoms with Gasteiger partial charge in [0.05, 0.1) is 4.88 Å². The van der Waals surface area contributed by atoms with E-state index in [0.29, 0.717) is 11.4 Å². The van der Waals surface area contributed by atoms with Crippen LogP contribution < -0.4 is 5.32 Å². The maximum Gasteiger partial charge on any atom is 0.261 e. The molecule has 2 rings (SSSR count). The number of carbonyl (C=O) groups excluding carboxylic acids is 1. The van der Waals surface area contributed by atoms with Crippen LogP contribution in [0.2, 0.25) is 0 Å². The number of aromatic nitrogens is 2. The lowest BCUT2D eigenvalue weighted by Crippen LogP contribution is -2.22. The summed E-state index contributed by atoms with van der Waals surface area (Å²) in [6.07, 6.45) is 1.66. The minimum Gasteiger partial charge on any atom is -0.348 e. The Morgan fingerprint density at radius 1 is 1.39 bits per heavy atom. The predicted molar refractivity (Wildman–Crippen MR) is 74.2 cm³/mol. The highest BCUT2D eigenvalue weighted by Crippen LogP contribution is 2.30. The van der Waals surface area contributed by atoms with Crippen molar-refractivity contribution < 1.29 is 4.79 Å². The summed E-state index contributed by atoms with van der Waals surface area (Å²) in [6.45, 7) is 9.80. The number of rotatable bonds is 3. The number of hydrogen-bond donors (Lipinski definition) is 1. The molecule has 1 amide bonds. The maximum absolute atomic E-state index is 12.0. The van der Waals surface area contributed by atoms with E-state index in [1.165, 1.54) is 11.3 Å². The molecule has 2 heterocycles. The van der Waals surface area contributed by atoms with Crippen LogP contribution in [0.5, 0.6) is 0 Å². The minimum atomic E-state index is -0.0764. The summed E-state index contributed by atoms with van der Waals surface area (Å²) >= 11 is 1.41. The molecule has 1 N–H and O–H groups in total. The lowest BCUT2D eigenvalue weighted by Gasteiger charge is -2.01. The fourth-order valence-corrected chi connectivity index (χ4v) is 3.13. The first-order chi connectivity index (χ1) is 8.54. The highest BCUT2D eigenvalue weighted by molar-refractivity contribution is 7.20. The Hall–Kier alpha value is -1.75. The standard InChI is InChI=1S/C13H15N3OS/c1-5-6-14-12(17)11-7(2)10-8(3)15-9(4)16-13(10)18-11/h5H,1,6H2,2-4H3,(H,14,17). The summed E-state index contributed by atoms with van der Waals surface area (Å²) in [5.41, 5.74) is 1.88. The number of hydrogen-bond acceptors (Lipinski definition) is 4. The molecule has 18 heavy (non-hydrogen) atoms. The summed E-state index contributed by atoms with van der Waals surface area (Å²) < 4.78 is 0. The molecular weight excluding hydrogens is 246 g/mol. The van der Waals surface area contributed by atoms with Gasteiger partial charge in [0, 0.05) is 17.6 Å². The van der Waals surface area contributed by atoms with Gasteiger partial charge in [0.15, 0.2) is 0 Å². The number of amides is 1. The van der Waals surface area contributed by atoms with E-state index in [0.717, 1.165) is 27.3 Å². The van der Waals surface area contributed by atoms with E-state index in [4.69, 9.17) is 0 Å². The normalized spacial score (nSPS) is 10.6. The molecule has 0 radical (unpaired) electrons. The van der Waals surface area contributed by atoms with Crippen molar-refractivity contribution in [2.75, 3.05) is 6.54 Å². The smallest absolute Gasteiger partial charge is 0.261 e. The van der Waals surface area contributed by atoms with E-state index in [1.54, 1.807) is 6.08 Å². The van der Waals surface area contributed by atoms with Gasteiger partial charge in [-0.3, -0.25) is 4.79 Å².